The highest BCUT2D eigenvalue weighted by Crippen LogP contribution is 2.28. The summed E-state index contributed by atoms with van der Waals surface area (Å²) in [7, 11) is 0. The standard InChI is InChI=1S/C15H14BrClO/c1-10-3-2-4-11(7-10)8-15(18)13-9-12(16)5-6-14(13)17/h2-7,9,15,18H,8H2,1H3. The van der Waals surface area contributed by atoms with Crippen molar-refractivity contribution in [1.82, 2.24) is 0 Å². The molecule has 1 unspecified atom stereocenters. The van der Waals surface area contributed by atoms with Crippen molar-refractivity contribution >= 4 is 27.5 Å². The fraction of sp³-hybridized carbons (Fsp3) is 0.200. The third-order valence-corrected chi connectivity index (χ3v) is 3.67. The highest BCUT2D eigenvalue weighted by Gasteiger charge is 2.12. The van der Waals surface area contributed by atoms with Gasteiger partial charge in [-0.3, -0.25) is 0 Å². The van der Waals surface area contributed by atoms with E-state index >= 15 is 0 Å². The summed E-state index contributed by atoms with van der Waals surface area (Å²) in [6.07, 6.45) is -0.0190. The first-order valence-corrected chi connectivity index (χ1v) is 6.92. The van der Waals surface area contributed by atoms with Crippen molar-refractivity contribution in [3.63, 3.8) is 0 Å². The maximum absolute atomic E-state index is 10.3. The van der Waals surface area contributed by atoms with Crippen LogP contribution < -0.4 is 0 Å². The van der Waals surface area contributed by atoms with Crippen LogP contribution in [0.15, 0.2) is 46.9 Å². The Morgan fingerprint density at radius 2 is 2.00 bits per heavy atom. The molecule has 18 heavy (non-hydrogen) atoms. The molecular weight excluding hydrogens is 312 g/mol. The predicted molar refractivity (Wildman–Crippen MR) is 79.0 cm³/mol. The molecule has 0 saturated carbocycles. The number of halogens is 2. The smallest absolute Gasteiger partial charge is 0.0845 e. The van der Waals surface area contributed by atoms with Gasteiger partial charge in [-0.15, -0.1) is 0 Å². The molecule has 0 heterocycles. The average Bonchev–Trinajstić information content (AvgIpc) is 2.32. The minimum Gasteiger partial charge on any atom is -0.388 e. The van der Waals surface area contributed by atoms with Crippen molar-refractivity contribution in [2.24, 2.45) is 0 Å². The fourth-order valence-electron chi connectivity index (χ4n) is 1.94. The molecule has 1 atom stereocenters. The van der Waals surface area contributed by atoms with Gasteiger partial charge in [0, 0.05) is 21.5 Å². The van der Waals surface area contributed by atoms with E-state index < -0.39 is 6.10 Å². The molecule has 0 amide bonds. The Kier molecular flexibility index (Phi) is 4.44. The van der Waals surface area contributed by atoms with E-state index in [4.69, 9.17) is 11.6 Å². The molecule has 0 saturated heterocycles. The summed E-state index contributed by atoms with van der Waals surface area (Å²) < 4.78 is 0.921. The fourth-order valence-corrected chi connectivity index (χ4v) is 2.56. The normalized spacial score (nSPS) is 12.4. The van der Waals surface area contributed by atoms with E-state index in [0.717, 1.165) is 15.6 Å². The van der Waals surface area contributed by atoms with Crippen LogP contribution in [0.5, 0.6) is 0 Å². The summed E-state index contributed by atoms with van der Waals surface area (Å²) in [4.78, 5) is 0. The van der Waals surface area contributed by atoms with Gasteiger partial charge in [-0.25, -0.2) is 0 Å². The molecule has 0 aliphatic carbocycles. The molecule has 1 nitrogen and oxygen atoms in total. The van der Waals surface area contributed by atoms with Crippen molar-refractivity contribution in [1.29, 1.82) is 0 Å². The highest BCUT2D eigenvalue weighted by atomic mass is 79.9. The van der Waals surface area contributed by atoms with E-state index in [1.807, 2.05) is 37.3 Å². The van der Waals surface area contributed by atoms with E-state index in [9.17, 15) is 5.11 Å². The summed E-state index contributed by atoms with van der Waals surface area (Å²) in [5.41, 5.74) is 3.06. The average molecular weight is 326 g/mol. The zero-order valence-corrected chi connectivity index (χ0v) is 12.4. The van der Waals surface area contributed by atoms with Gasteiger partial charge in [-0.1, -0.05) is 57.4 Å². The Morgan fingerprint density at radius 1 is 1.22 bits per heavy atom. The molecule has 1 N–H and O–H groups in total. The lowest BCUT2D eigenvalue weighted by atomic mass is 10.0. The van der Waals surface area contributed by atoms with Gasteiger partial charge in [0.15, 0.2) is 0 Å². The van der Waals surface area contributed by atoms with Crippen LogP contribution in [0.3, 0.4) is 0 Å². The second kappa shape index (κ2) is 5.87. The minimum atomic E-state index is -0.586. The SMILES string of the molecule is Cc1cccc(CC(O)c2cc(Br)ccc2Cl)c1. The van der Waals surface area contributed by atoms with Gasteiger partial charge in [0.2, 0.25) is 0 Å². The monoisotopic (exact) mass is 324 g/mol. The number of hydrogen-bond acceptors (Lipinski definition) is 1. The van der Waals surface area contributed by atoms with E-state index in [0.29, 0.717) is 11.4 Å². The molecule has 2 rings (SSSR count). The van der Waals surface area contributed by atoms with E-state index in [2.05, 4.69) is 22.0 Å². The van der Waals surface area contributed by atoms with Crippen LogP contribution in [0.4, 0.5) is 0 Å². The maximum atomic E-state index is 10.3. The summed E-state index contributed by atoms with van der Waals surface area (Å²) in [6, 6.07) is 13.7. The van der Waals surface area contributed by atoms with Gasteiger partial charge < -0.3 is 5.11 Å². The van der Waals surface area contributed by atoms with Crippen molar-refractivity contribution < 1.29 is 5.11 Å². The van der Waals surface area contributed by atoms with Gasteiger partial charge >= 0.3 is 0 Å². The van der Waals surface area contributed by atoms with Crippen molar-refractivity contribution in [2.75, 3.05) is 0 Å². The first-order chi connectivity index (χ1) is 8.56. The van der Waals surface area contributed by atoms with Crippen LogP contribution in [-0.2, 0) is 6.42 Å². The van der Waals surface area contributed by atoms with Crippen molar-refractivity contribution in [3.8, 4) is 0 Å². The molecule has 0 aromatic heterocycles. The highest BCUT2D eigenvalue weighted by molar-refractivity contribution is 9.10. The number of aryl methyl sites for hydroxylation is 1. The molecule has 0 fully saturated rings. The Bertz CT molecular complexity index is 554. The molecule has 94 valence electrons. The van der Waals surface area contributed by atoms with Crippen molar-refractivity contribution in [2.45, 2.75) is 19.4 Å². The Balaban J connectivity index is 2.21. The Labute approximate surface area is 121 Å². The lowest BCUT2D eigenvalue weighted by molar-refractivity contribution is 0.178. The molecule has 0 aliphatic heterocycles. The number of hydrogen-bond donors (Lipinski definition) is 1. The number of benzene rings is 2. The Hall–Kier alpha value is -0.830. The summed E-state index contributed by atoms with van der Waals surface area (Å²) in [6.45, 7) is 2.04. The second-order valence-corrected chi connectivity index (χ2v) is 5.70. The number of rotatable bonds is 3. The van der Waals surface area contributed by atoms with Crippen LogP contribution in [0.2, 0.25) is 5.02 Å². The van der Waals surface area contributed by atoms with Crippen LogP contribution >= 0.6 is 27.5 Å². The van der Waals surface area contributed by atoms with Crippen molar-refractivity contribution in [3.05, 3.63) is 68.7 Å². The van der Waals surface area contributed by atoms with Gasteiger partial charge in [0.25, 0.3) is 0 Å². The first kappa shape index (κ1) is 13.6. The molecular formula is C15H14BrClO. The molecule has 2 aromatic carbocycles. The van der Waals surface area contributed by atoms with Crippen LogP contribution in [0.1, 0.15) is 22.8 Å². The summed E-state index contributed by atoms with van der Waals surface area (Å²) >= 11 is 9.50. The third-order valence-electron chi connectivity index (χ3n) is 2.83. The minimum absolute atomic E-state index is 0.567. The molecule has 0 radical (unpaired) electrons. The molecule has 0 bridgehead atoms. The molecule has 2 aromatic rings. The topological polar surface area (TPSA) is 20.2 Å². The van der Waals surface area contributed by atoms with Crippen LogP contribution in [0, 0.1) is 6.92 Å². The second-order valence-electron chi connectivity index (χ2n) is 4.37. The van der Waals surface area contributed by atoms with Gasteiger partial charge in [0.1, 0.15) is 0 Å². The zero-order valence-electron chi connectivity index (χ0n) is 10.0. The van der Waals surface area contributed by atoms with E-state index in [1.165, 1.54) is 5.56 Å². The molecule has 0 spiro atoms. The van der Waals surface area contributed by atoms with Gasteiger partial charge in [0.05, 0.1) is 6.10 Å². The quantitative estimate of drug-likeness (QED) is 0.868. The Morgan fingerprint density at radius 3 is 2.72 bits per heavy atom. The third kappa shape index (κ3) is 3.35. The number of aliphatic hydroxyl groups is 1. The number of aliphatic hydroxyl groups excluding tert-OH is 1. The summed E-state index contributed by atoms with van der Waals surface area (Å²) in [5.74, 6) is 0. The van der Waals surface area contributed by atoms with Gasteiger partial charge in [-0.2, -0.15) is 0 Å². The van der Waals surface area contributed by atoms with Crippen LogP contribution in [-0.4, -0.2) is 5.11 Å². The summed E-state index contributed by atoms with van der Waals surface area (Å²) in [5, 5.41) is 10.9. The van der Waals surface area contributed by atoms with E-state index in [-0.39, 0.29) is 0 Å². The van der Waals surface area contributed by atoms with E-state index in [1.54, 1.807) is 6.07 Å². The largest absolute Gasteiger partial charge is 0.388 e. The lowest BCUT2D eigenvalue weighted by Crippen LogP contribution is -2.02. The molecule has 3 heteroatoms. The zero-order chi connectivity index (χ0) is 13.1. The first-order valence-electron chi connectivity index (χ1n) is 5.75. The molecule has 0 aliphatic rings. The lowest BCUT2D eigenvalue weighted by Gasteiger charge is -2.13. The van der Waals surface area contributed by atoms with Crippen LogP contribution in [0.25, 0.3) is 0 Å². The van der Waals surface area contributed by atoms with Gasteiger partial charge in [-0.05, 0) is 30.7 Å². The predicted octanol–water partition coefficient (Wildman–Crippen LogP) is 4.69. The maximum Gasteiger partial charge on any atom is 0.0845 e.